The Morgan fingerprint density at radius 2 is 2.16 bits per heavy atom. The lowest BCUT2D eigenvalue weighted by atomic mass is 10.1. The number of aromatic nitrogens is 2. The molecule has 0 radical (unpaired) electrons. The number of hydrogen-bond donors (Lipinski definition) is 3. The summed E-state index contributed by atoms with van der Waals surface area (Å²) in [6.07, 6.45) is 0.706. The van der Waals surface area contributed by atoms with Crippen molar-refractivity contribution in [3.8, 4) is 0 Å². The molecule has 1 saturated heterocycles. The lowest BCUT2D eigenvalue weighted by Gasteiger charge is -2.12. The van der Waals surface area contributed by atoms with E-state index in [1.165, 1.54) is 12.1 Å². The highest BCUT2D eigenvalue weighted by Gasteiger charge is 2.24. The number of ether oxygens (including phenoxy) is 1. The summed E-state index contributed by atoms with van der Waals surface area (Å²) < 4.78 is 18.2. The van der Waals surface area contributed by atoms with Gasteiger partial charge >= 0.3 is 0 Å². The Kier molecular flexibility index (Phi) is 5.20. The average Bonchev–Trinajstić information content (AvgIpc) is 3.15. The molecule has 2 aromatic rings. The van der Waals surface area contributed by atoms with E-state index in [9.17, 15) is 19.1 Å². The summed E-state index contributed by atoms with van der Waals surface area (Å²) in [5.74, 6) is -0.632. The van der Waals surface area contributed by atoms with Crippen LogP contribution in [0.1, 0.15) is 39.8 Å². The number of aliphatic hydroxyl groups is 1. The summed E-state index contributed by atoms with van der Waals surface area (Å²) in [6, 6.07) is 5.69. The van der Waals surface area contributed by atoms with Gasteiger partial charge in [0.15, 0.2) is 0 Å². The Balaban J connectivity index is 1.82. The highest BCUT2D eigenvalue weighted by atomic mass is 19.1. The fraction of sp³-hybridized carbons (Fsp3) is 0.353. The normalized spacial score (nSPS) is 16.8. The minimum absolute atomic E-state index is 0.0795. The molecule has 0 bridgehead atoms. The smallest absolute Gasteiger partial charge is 0.270 e. The minimum atomic E-state index is -0.594. The number of benzene rings is 1. The number of halogens is 1. The van der Waals surface area contributed by atoms with Crippen molar-refractivity contribution in [1.82, 2.24) is 15.3 Å². The molecule has 0 spiro atoms. The van der Waals surface area contributed by atoms with Crippen molar-refractivity contribution in [2.24, 2.45) is 0 Å². The van der Waals surface area contributed by atoms with Crippen molar-refractivity contribution >= 4 is 5.91 Å². The highest BCUT2D eigenvalue weighted by Crippen LogP contribution is 2.21. The van der Waals surface area contributed by atoms with E-state index in [-0.39, 0.29) is 29.5 Å². The number of nitrogens with one attached hydrogen (secondary N) is 2. The number of rotatable bonds is 5. The van der Waals surface area contributed by atoms with Crippen LogP contribution in [0.4, 0.5) is 4.39 Å². The van der Waals surface area contributed by atoms with Gasteiger partial charge in [0.25, 0.3) is 11.5 Å². The van der Waals surface area contributed by atoms with E-state index in [1.54, 1.807) is 12.1 Å². The predicted molar refractivity (Wildman–Crippen MR) is 86.5 cm³/mol. The number of nitrogens with zero attached hydrogens (tertiary/aromatic N) is 1. The molecular weight excluding hydrogens is 329 g/mol. The second-order valence-electron chi connectivity index (χ2n) is 5.81. The van der Waals surface area contributed by atoms with Gasteiger partial charge in [0.1, 0.15) is 17.3 Å². The molecule has 1 aliphatic heterocycles. The van der Waals surface area contributed by atoms with Crippen molar-refractivity contribution in [2.45, 2.75) is 25.5 Å². The number of hydrogen-bond acceptors (Lipinski definition) is 5. The van der Waals surface area contributed by atoms with E-state index >= 15 is 0 Å². The van der Waals surface area contributed by atoms with Crippen LogP contribution >= 0.6 is 0 Å². The molecule has 3 rings (SSSR count). The van der Waals surface area contributed by atoms with E-state index in [4.69, 9.17) is 4.74 Å². The van der Waals surface area contributed by atoms with Crippen LogP contribution in [0, 0.1) is 5.82 Å². The molecule has 2 heterocycles. The van der Waals surface area contributed by atoms with Gasteiger partial charge in [-0.3, -0.25) is 9.59 Å². The number of H-pyrrole nitrogens is 1. The quantitative estimate of drug-likeness (QED) is 0.743. The SMILES string of the molecule is O=C(NCc1ccc(F)cc1)c1nc(C2CCOC2)[nH]c(=O)c1CO. The third kappa shape index (κ3) is 3.92. The molecule has 1 aromatic heterocycles. The molecule has 1 unspecified atom stereocenters. The maximum Gasteiger partial charge on any atom is 0.270 e. The highest BCUT2D eigenvalue weighted by molar-refractivity contribution is 5.93. The van der Waals surface area contributed by atoms with Gasteiger partial charge in [-0.15, -0.1) is 0 Å². The largest absolute Gasteiger partial charge is 0.391 e. The molecule has 0 saturated carbocycles. The van der Waals surface area contributed by atoms with Crippen molar-refractivity contribution in [1.29, 1.82) is 0 Å². The standard InChI is InChI=1S/C17H18FN3O4/c18-12-3-1-10(2-4-12)7-19-17(24)14-13(8-22)16(23)21-15(20-14)11-5-6-25-9-11/h1-4,11,22H,5-9H2,(H,19,24)(H,20,21,23). The van der Waals surface area contributed by atoms with Crippen molar-refractivity contribution in [3.05, 3.63) is 63.1 Å². The average molecular weight is 347 g/mol. The zero-order valence-corrected chi connectivity index (χ0v) is 13.4. The molecule has 1 fully saturated rings. The second kappa shape index (κ2) is 7.54. The van der Waals surface area contributed by atoms with Crippen LogP contribution in [0.3, 0.4) is 0 Å². The molecule has 1 aliphatic rings. The summed E-state index contributed by atoms with van der Waals surface area (Å²) in [7, 11) is 0. The topological polar surface area (TPSA) is 104 Å². The molecule has 25 heavy (non-hydrogen) atoms. The minimum Gasteiger partial charge on any atom is -0.391 e. The molecule has 1 atom stereocenters. The zero-order chi connectivity index (χ0) is 17.8. The Morgan fingerprint density at radius 3 is 2.80 bits per heavy atom. The van der Waals surface area contributed by atoms with Crippen LogP contribution in [0.15, 0.2) is 29.1 Å². The zero-order valence-electron chi connectivity index (χ0n) is 13.4. The predicted octanol–water partition coefficient (Wildman–Crippen LogP) is 0.835. The monoisotopic (exact) mass is 347 g/mol. The van der Waals surface area contributed by atoms with Gasteiger partial charge in [-0.25, -0.2) is 9.37 Å². The molecule has 0 aliphatic carbocycles. The maximum atomic E-state index is 12.9. The number of carbonyl (C=O) groups is 1. The Hall–Kier alpha value is -2.58. The van der Waals surface area contributed by atoms with E-state index < -0.39 is 18.1 Å². The first-order valence-electron chi connectivity index (χ1n) is 7.93. The van der Waals surface area contributed by atoms with Gasteiger partial charge in [0.2, 0.25) is 0 Å². The van der Waals surface area contributed by atoms with E-state index in [0.29, 0.717) is 31.0 Å². The van der Waals surface area contributed by atoms with Gasteiger partial charge in [-0.05, 0) is 24.1 Å². The third-order valence-electron chi connectivity index (χ3n) is 4.09. The first-order valence-corrected chi connectivity index (χ1v) is 7.93. The fourth-order valence-corrected chi connectivity index (χ4v) is 2.66. The second-order valence-corrected chi connectivity index (χ2v) is 5.81. The number of amides is 1. The van der Waals surface area contributed by atoms with Crippen LogP contribution in [0.2, 0.25) is 0 Å². The third-order valence-corrected chi connectivity index (χ3v) is 4.09. The molecule has 3 N–H and O–H groups in total. The van der Waals surface area contributed by atoms with Crippen LogP contribution in [-0.2, 0) is 17.9 Å². The maximum absolute atomic E-state index is 12.9. The van der Waals surface area contributed by atoms with Crippen LogP contribution in [-0.4, -0.2) is 34.2 Å². The summed E-state index contributed by atoms with van der Waals surface area (Å²) in [6.45, 7) is 0.559. The molecular formula is C17H18FN3O4. The van der Waals surface area contributed by atoms with Gasteiger partial charge in [-0.1, -0.05) is 12.1 Å². The first-order chi connectivity index (χ1) is 12.1. The van der Waals surface area contributed by atoms with Crippen LogP contribution in [0.25, 0.3) is 0 Å². The van der Waals surface area contributed by atoms with Gasteiger partial charge in [0.05, 0.1) is 18.8 Å². The Bertz CT molecular complexity index is 814. The lowest BCUT2D eigenvalue weighted by molar-refractivity contribution is 0.0941. The fourth-order valence-electron chi connectivity index (χ4n) is 2.66. The van der Waals surface area contributed by atoms with Crippen LogP contribution in [0.5, 0.6) is 0 Å². The van der Waals surface area contributed by atoms with Gasteiger partial charge < -0.3 is 20.1 Å². The van der Waals surface area contributed by atoms with Crippen LogP contribution < -0.4 is 10.9 Å². The summed E-state index contributed by atoms with van der Waals surface area (Å²) >= 11 is 0. The Morgan fingerprint density at radius 1 is 1.40 bits per heavy atom. The number of aliphatic hydroxyl groups excluding tert-OH is 1. The van der Waals surface area contributed by atoms with E-state index in [0.717, 1.165) is 0 Å². The van der Waals surface area contributed by atoms with E-state index in [2.05, 4.69) is 15.3 Å². The Labute approximate surface area is 142 Å². The molecule has 7 nitrogen and oxygen atoms in total. The molecule has 1 amide bonds. The van der Waals surface area contributed by atoms with Crippen molar-refractivity contribution < 1.29 is 19.0 Å². The van der Waals surface area contributed by atoms with E-state index in [1.807, 2.05) is 0 Å². The van der Waals surface area contributed by atoms with Gasteiger partial charge in [0, 0.05) is 19.1 Å². The first kappa shape index (κ1) is 17.2. The van der Waals surface area contributed by atoms with Crippen molar-refractivity contribution in [3.63, 3.8) is 0 Å². The molecule has 132 valence electrons. The van der Waals surface area contributed by atoms with Crippen molar-refractivity contribution in [2.75, 3.05) is 13.2 Å². The summed E-state index contributed by atoms with van der Waals surface area (Å²) in [4.78, 5) is 31.4. The summed E-state index contributed by atoms with van der Waals surface area (Å²) in [5.41, 5.74) is -0.0181. The number of aromatic amines is 1. The van der Waals surface area contributed by atoms with Gasteiger partial charge in [-0.2, -0.15) is 0 Å². The summed E-state index contributed by atoms with van der Waals surface area (Å²) in [5, 5.41) is 12.0. The lowest BCUT2D eigenvalue weighted by Crippen LogP contribution is -2.31. The molecule has 8 heteroatoms. The number of carbonyl (C=O) groups excluding carboxylic acids is 1. The molecule has 1 aromatic carbocycles.